The number of hydrogen-bond acceptors (Lipinski definition) is 5. The lowest BCUT2D eigenvalue weighted by Crippen LogP contribution is -2.31. The SMILES string of the molecule is CCC(C)(C)C(=O)OC(C)COC(=O)c1ccccc1C(=O)O. The summed E-state index contributed by atoms with van der Waals surface area (Å²) in [5.41, 5.74) is -0.768. The number of carbonyl (C=O) groups excluding carboxylic acids is 2. The fraction of sp³-hybridized carbons (Fsp3) is 0.471. The van der Waals surface area contributed by atoms with Crippen LogP contribution < -0.4 is 0 Å². The van der Waals surface area contributed by atoms with Gasteiger partial charge in [0, 0.05) is 0 Å². The first kappa shape index (κ1) is 18.7. The fourth-order valence-electron chi connectivity index (χ4n) is 1.64. The number of aromatic carboxylic acids is 1. The van der Waals surface area contributed by atoms with Gasteiger partial charge in [0.25, 0.3) is 0 Å². The average Bonchev–Trinajstić information content (AvgIpc) is 2.52. The van der Waals surface area contributed by atoms with Crippen molar-refractivity contribution < 1.29 is 29.0 Å². The van der Waals surface area contributed by atoms with Crippen LogP contribution in [0.25, 0.3) is 0 Å². The number of esters is 2. The third kappa shape index (κ3) is 5.09. The van der Waals surface area contributed by atoms with Crippen LogP contribution in [0, 0.1) is 5.41 Å². The van der Waals surface area contributed by atoms with Crippen molar-refractivity contribution in [2.75, 3.05) is 6.61 Å². The summed E-state index contributed by atoms with van der Waals surface area (Å²) in [6.07, 6.45) is 0.0129. The molecular weight excluding hydrogens is 300 g/mol. The molecule has 0 saturated heterocycles. The van der Waals surface area contributed by atoms with Crippen LogP contribution in [-0.4, -0.2) is 35.7 Å². The normalized spacial score (nSPS) is 12.3. The zero-order valence-corrected chi connectivity index (χ0v) is 13.8. The van der Waals surface area contributed by atoms with E-state index in [4.69, 9.17) is 14.6 Å². The number of ether oxygens (including phenoxy) is 2. The Hall–Kier alpha value is -2.37. The molecular formula is C17H22O6. The highest BCUT2D eigenvalue weighted by Gasteiger charge is 2.29. The molecule has 1 atom stereocenters. The average molecular weight is 322 g/mol. The number of benzene rings is 1. The van der Waals surface area contributed by atoms with Crippen LogP contribution in [0.4, 0.5) is 0 Å². The predicted octanol–water partition coefficient (Wildman–Crippen LogP) is 2.91. The van der Waals surface area contributed by atoms with Gasteiger partial charge in [0.1, 0.15) is 12.7 Å². The lowest BCUT2D eigenvalue weighted by atomic mass is 9.91. The predicted molar refractivity (Wildman–Crippen MR) is 83.3 cm³/mol. The molecule has 1 aromatic rings. The third-order valence-electron chi connectivity index (χ3n) is 3.57. The van der Waals surface area contributed by atoms with Crippen LogP contribution in [0.5, 0.6) is 0 Å². The van der Waals surface area contributed by atoms with Crippen molar-refractivity contribution in [2.45, 2.75) is 40.2 Å². The Morgan fingerprint density at radius 2 is 1.74 bits per heavy atom. The Bertz CT molecular complexity index is 591. The number of carbonyl (C=O) groups is 3. The van der Waals surface area contributed by atoms with Crippen molar-refractivity contribution in [3.63, 3.8) is 0 Å². The van der Waals surface area contributed by atoms with E-state index in [2.05, 4.69) is 0 Å². The van der Waals surface area contributed by atoms with Crippen molar-refractivity contribution in [2.24, 2.45) is 5.41 Å². The highest BCUT2D eigenvalue weighted by molar-refractivity contribution is 6.02. The molecule has 6 heteroatoms. The van der Waals surface area contributed by atoms with Gasteiger partial charge in [-0.25, -0.2) is 9.59 Å². The minimum Gasteiger partial charge on any atom is -0.478 e. The van der Waals surface area contributed by atoms with Crippen molar-refractivity contribution in [3.05, 3.63) is 35.4 Å². The van der Waals surface area contributed by atoms with Gasteiger partial charge >= 0.3 is 17.9 Å². The first-order valence-electron chi connectivity index (χ1n) is 7.39. The highest BCUT2D eigenvalue weighted by Crippen LogP contribution is 2.22. The molecule has 0 aliphatic rings. The zero-order valence-electron chi connectivity index (χ0n) is 13.8. The molecule has 1 aromatic carbocycles. The Morgan fingerprint density at radius 3 is 2.26 bits per heavy atom. The molecule has 0 heterocycles. The van der Waals surface area contributed by atoms with E-state index in [0.29, 0.717) is 6.42 Å². The lowest BCUT2D eigenvalue weighted by Gasteiger charge is -2.23. The molecule has 6 nitrogen and oxygen atoms in total. The quantitative estimate of drug-likeness (QED) is 0.776. The lowest BCUT2D eigenvalue weighted by molar-refractivity contribution is -0.160. The van der Waals surface area contributed by atoms with E-state index in [1.807, 2.05) is 6.92 Å². The molecule has 0 aliphatic carbocycles. The molecule has 1 rings (SSSR count). The molecule has 0 radical (unpaired) electrons. The van der Waals surface area contributed by atoms with Crippen molar-refractivity contribution in [3.8, 4) is 0 Å². The second-order valence-corrected chi connectivity index (χ2v) is 5.90. The molecule has 0 spiro atoms. The van der Waals surface area contributed by atoms with Crippen LogP contribution in [-0.2, 0) is 14.3 Å². The summed E-state index contributed by atoms with van der Waals surface area (Å²) < 4.78 is 10.3. The van der Waals surface area contributed by atoms with Crippen LogP contribution >= 0.6 is 0 Å². The maximum atomic E-state index is 12.0. The van der Waals surface area contributed by atoms with Gasteiger partial charge in [-0.3, -0.25) is 4.79 Å². The fourth-order valence-corrected chi connectivity index (χ4v) is 1.64. The molecule has 0 fully saturated rings. The highest BCUT2D eigenvalue weighted by atomic mass is 16.6. The maximum absolute atomic E-state index is 12.0. The Balaban J connectivity index is 2.63. The van der Waals surface area contributed by atoms with Crippen LogP contribution in [0.15, 0.2) is 24.3 Å². The van der Waals surface area contributed by atoms with Crippen LogP contribution in [0.1, 0.15) is 54.8 Å². The first-order chi connectivity index (χ1) is 10.7. The zero-order chi connectivity index (χ0) is 17.6. The molecule has 23 heavy (non-hydrogen) atoms. The number of hydrogen-bond donors (Lipinski definition) is 1. The van der Waals surface area contributed by atoms with Gasteiger partial charge in [0.15, 0.2) is 0 Å². The standard InChI is InChI=1S/C17H22O6/c1-5-17(3,4)16(21)23-11(2)10-22-15(20)13-9-7-6-8-12(13)14(18)19/h6-9,11H,5,10H2,1-4H3,(H,18,19). The second-order valence-electron chi connectivity index (χ2n) is 5.90. The second kappa shape index (κ2) is 7.76. The summed E-state index contributed by atoms with van der Waals surface area (Å²) in [6, 6.07) is 5.78. The van der Waals surface area contributed by atoms with E-state index < -0.39 is 23.5 Å². The smallest absolute Gasteiger partial charge is 0.339 e. The van der Waals surface area contributed by atoms with Crippen LogP contribution in [0.2, 0.25) is 0 Å². The molecule has 0 aliphatic heterocycles. The van der Waals surface area contributed by atoms with Gasteiger partial charge in [-0.15, -0.1) is 0 Å². The Labute approximate surface area is 135 Å². The van der Waals surface area contributed by atoms with Gasteiger partial charge < -0.3 is 14.6 Å². The summed E-state index contributed by atoms with van der Waals surface area (Å²) in [6.45, 7) is 6.90. The number of carboxylic acids is 1. The topological polar surface area (TPSA) is 89.9 Å². The molecule has 1 N–H and O–H groups in total. The monoisotopic (exact) mass is 322 g/mol. The number of carboxylic acid groups (broad SMARTS) is 1. The summed E-state index contributed by atoms with van der Waals surface area (Å²) in [7, 11) is 0. The minimum atomic E-state index is -1.21. The van der Waals surface area contributed by atoms with E-state index in [1.54, 1.807) is 26.8 Å². The Morgan fingerprint density at radius 1 is 1.17 bits per heavy atom. The molecule has 0 saturated carbocycles. The van der Waals surface area contributed by atoms with Gasteiger partial charge in [-0.2, -0.15) is 0 Å². The summed E-state index contributed by atoms with van der Waals surface area (Å²) in [4.78, 5) is 35.0. The molecule has 0 amide bonds. The maximum Gasteiger partial charge on any atom is 0.339 e. The largest absolute Gasteiger partial charge is 0.478 e. The number of rotatable bonds is 7. The van der Waals surface area contributed by atoms with Crippen molar-refractivity contribution in [1.82, 2.24) is 0 Å². The third-order valence-corrected chi connectivity index (χ3v) is 3.57. The van der Waals surface area contributed by atoms with E-state index in [9.17, 15) is 14.4 Å². The molecule has 1 unspecified atom stereocenters. The van der Waals surface area contributed by atoms with Crippen molar-refractivity contribution in [1.29, 1.82) is 0 Å². The van der Waals surface area contributed by atoms with E-state index in [1.165, 1.54) is 18.2 Å². The first-order valence-corrected chi connectivity index (χ1v) is 7.39. The van der Waals surface area contributed by atoms with Crippen molar-refractivity contribution >= 4 is 17.9 Å². The van der Waals surface area contributed by atoms with Gasteiger partial charge in [0.2, 0.25) is 0 Å². The van der Waals surface area contributed by atoms with Gasteiger partial charge in [-0.1, -0.05) is 19.1 Å². The van der Waals surface area contributed by atoms with Gasteiger partial charge in [-0.05, 0) is 39.3 Å². The van der Waals surface area contributed by atoms with E-state index >= 15 is 0 Å². The van der Waals surface area contributed by atoms with Crippen LogP contribution in [0.3, 0.4) is 0 Å². The molecule has 126 valence electrons. The van der Waals surface area contributed by atoms with Gasteiger partial charge in [0.05, 0.1) is 16.5 Å². The Kier molecular flexibility index (Phi) is 6.30. The molecule has 0 bridgehead atoms. The van der Waals surface area contributed by atoms with E-state index in [-0.39, 0.29) is 23.7 Å². The summed E-state index contributed by atoms with van der Waals surface area (Å²) in [5, 5.41) is 9.05. The summed E-state index contributed by atoms with van der Waals surface area (Å²) in [5.74, 6) is -2.34. The van der Waals surface area contributed by atoms with E-state index in [0.717, 1.165) is 0 Å². The molecule has 0 aromatic heterocycles. The minimum absolute atomic E-state index is 0.0348. The summed E-state index contributed by atoms with van der Waals surface area (Å²) >= 11 is 0.